The van der Waals surface area contributed by atoms with Crippen LogP contribution in [0.5, 0.6) is 0 Å². The van der Waals surface area contributed by atoms with Gasteiger partial charge in [-0.2, -0.15) is 0 Å². The predicted molar refractivity (Wildman–Crippen MR) is 57.1 cm³/mol. The van der Waals surface area contributed by atoms with Crippen LogP contribution < -0.4 is 11.1 Å². The van der Waals surface area contributed by atoms with E-state index < -0.39 is 11.0 Å². The van der Waals surface area contributed by atoms with Gasteiger partial charge in [0.2, 0.25) is 5.91 Å². The minimum absolute atomic E-state index is 0.207. The number of ether oxygens (including phenoxy) is 1. The fraction of sp³-hybridized carbons (Fsp3) is 0.800. The molecule has 0 aliphatic carbocycles. The fourth-order valence-corrected chi connectivity index (χ4v) is 0.878. The third-order valence-electron chi connectivity index (χ3n) is 2.01. The van der Waals surface area contributed by atoms with Crippen molar-refractivity contribution in [3.05, 3.63) is 0 Å². The Morgan fingerprint density at radius 3 is 2.07 bits per heavy atom. The van der Waals surface area contributed by atoms with E-state index in [-0.39, 0.29) is 18.4 Å². The second kappa shape index (κ2) is 4.61. The lowest BCUT2D eigenvalue weighted by molar-refractivity contribution is -0.150. The maximum absolute atomic E-state index is 11.4. The number of nitrogens with two attached hydrogens (primary N) is 1. The van der Waals surface area contributed by atoms with Crippen molar-refractivity contribution in [3.63, 3.8) is 0 Å². The number of amides is 1. The van der Waals surface area contributed by atoms with E-state index in [0.717, 1.165) is 0 Å². The van der Waals surface area contributed by atoms with E-state index in [1.807, 2.05) is 0 Å². The molecule has 0 bridgehead atoms. The van der Waals surface area contributed by atoms with Crippen molar-refractivity contribution in [2.24, 2.45) is 11.1 Å². The van der Waals surface area contributed by atoms with Gasteiger partial charge in [0.1, 0.15) is 0 Å². The van der Waals surface area contributed by atoms with Crippen molar-refractivity contribution in [1.82, 2.24) is 5.32 Å². The second-order valence-corrected chi connectivity index (χ2v) is 4.78. The molecule has 0 spiro atoms. The highest BCUT2D eigenvalue weighted by atomic mass is 16.5. The lowest BCUT2D eigenvalue weighted by atomic mass is 9.93. The van der Waals surface area contributed by atoms with Crippen molar-refractivity contribution in [2.45, 2.75) is 33.2 Å². The molecule has 0 saturated heterocycles. The summed E-state index contributed by atoms with van der Waals surface area (Å²) >= 11 is 0. The van der Waals surface area contributed by atoms with Crippen LogP contribution in [0.2, 0.25) is 0 Å². The largest absolute Gasteiger partial charge is 0.469 e. The van der Waals surface area contributed by atoms with Gasteiger partial charge in [0, 0.05) is 6.54 Å². The van der Waals surface area contributed by atoms with Crippen LogP contribution in [-0.4, -0.2) is 31.1 Å². The summed E-state index contributed by atoms with van der Waals surface area (Å²) in [6.45, 7) is 6.81. The predicted octanol–water partition coefficient (Wildman–Crippen LogP) is 0.0391. The number of rotatable bonds is 4. The summed E-state index contributed by atoms with van der Waals surface area (Å²) in [6, 6.07) is 0. The van der Waals surface area contributed by atoms with E-state index in [1.54, 1.807) is 27.7 Å². The number of hydrogen-bond donors (Lipinski definition) is 2. The van der Waals surface area contributed by atoms with E-state index in [4.69, 9.17) is 5.73 Å². The van der Waals surface area contributed by atoms with Crippen molar-refractivity contribution in [1.29, 1.82) is 0 Å². The molecule has 0 heterocycles. The summed E-state index contributed by atoms with van der Waals surface area (Å²) in [5.41, 5.74) is 3.91. The van der Waals surface area contributed by atoms with Gasteiger partial charge in [-0.1, -0.05) is 0 Å². The third-order valence-corrected chi connectivity index (χ3v) is 2.01. The van der Waals surface area contributed by atoms with Crippen molar-refractivity contribution < 1.29 is 14.3 Å². The van der Waals surface area contributed by atoms with Gasteiger partial charge in [-0.05, 0) is 27.7 Å². The molecule has 5 nitrogen and oxygen atoms in total. The summed E-state index contributed by atoms with van der Waals surface area (Å²) in [7, 11) is 1.32. The summed E-state index contributed by atoms with van der Waals surface area (Å²) in [6.07, 6.45) is 0. The van der Waals surface area contributed by atoms with Crippen LogP contribution in [0.3, 0.4) is 0 Å². The van der Waals surface area contributed by atoms with E-state index in [0.29, 0.717) is 0 Å². The van der Waals surface area contributed by atoms with Gasteiger partial charge in [-0.15, -0.1) is 0 Å². The van der Waals surface area contributed by atoms with Gasteiger partial charge in [-0.25, -0.2) is 0 Å². The Morgan fingerprint density at radius 1 is 1.27 bits per heavy atom. The minimum atomic E-state index is -0.938. The highest BCUT2D eigenvalue weighted by molar-refractivity contribution is 5.86. The van der Waals surface area contributed by atoms with Gasteiger partial charge in [0.15, 0.2) is 0 Å². The lowest BCUT2D eigenvalue weighted by Crippen LogP contribution is -2.52. The molecule has 0 unspecified atom stereocenters. The molecule has 0 fully saturated rings. The van der Waals surface area contributed by atoms with E-state index in [2.05, 4.69) is 10.1 Å². The second-order valence-electron chi connectivity index (χ2n) is 4.78. The van der Waals surface area contributed by atoms with Crippen LogP contribution in [0.4, 0.5) is 0 Å². The normalized spacial score (nSPS) is 12.1. The van der Waals surface area contributed by atoms with E-state index in [1.165, 1.54) is 7.11 Å². The maximum atomic E-state index is 11.4. The first-order valence-corrected chi connectivity index (χ1v) is 4.77. The number of carbonyl (C=O) groups is 2. The van der Waals surface area contributed by atoms with Crippen molar-refractivity contribution in [3.8, 4) is 0 Å². The van der Waals surface area contributed by atoms with Crippen LogP contribution >= 0.6 is 0 Å². The molecular weight excluding hydrogens is 196 g/mol. The maximum Gasteiger partial charge on any atom is 0.313 e. The van der Waals surface area contributed by atoms with Gasteiger partial charge in [0.05, 0.1) is 18.1 Å². The smallest absolute Gasteiger partial charge is 0.313 e. The number of nitrogens with one attached hydrogen (secondary N) is 1. The molecule has 1 amide bonds. The molecule has 0 rings (SSSR count). The quantitative estimate of drug-likeness (QED) is 0.650. The number of esters is 1. The minimum Gasteiger partial charge on any atom is -0.469 e. The molecule has 0 aliphatic heterocycles. The van der Waals surface area contributed by atoms with Crippen LogP contribution in [0.15, 0.2) is 0 Å². The Hall–Kier alpha value is -1.10. The van der Waals surface area contributed by atoms with Crippen molar-refractivity contribution >= 4 is 11.9 Å². The highest BCUT2D eigenvalue weighted by Gasteiger charge is 2.31. The van der Waals surface area contributed by atoms with Crippen LogP contribution in [0, 0.1) is 5.41 Å². The molecule has 0 atom stereocenters. The molecule has 3 N–H and O–H groups in total. The van der Waals surface area contributed by atoms with Gasteiger partial charge < -0.3 is 15.8 Å². The lowest BCUT2D eigenvalue weighted by Gasteiger charge is -2.24. The Labute approximate surface area is 90.4 Å². The molecule has 0 aromatic rings. The molecule has 0 radical (unpaired) electrons. The average molecular weight is 216 g/mol. The molecule has 5 heteroatoms. The summed E-state index contributed by atoms with van der Waals surface area (Å²) in [5.74, 6) is -0.655. The number of hydrogen-bond acceptors (Lipinski definition) is 4. The van der Waals surface area contributed by atoms with Crippen molar-refractivity contribution in [2.75, 3.05) is 13.7 Å². The standard InChI is InChI=1S/C10H20N2O3/c1-9(2,8(14)15-5)6-12-7(13)10(3,4)11/h6,11H2,1-5H3,(H,12,13). The third kappa shape index (κ3) is 4.29. The average Bonchev–Trinajstić information content (AvgIpc) is 2.11. The SMILES string of the molecule is COC(=O)C(C)(C)CNC(=O)C(C)(C)N. The zero-order valence-corrected chi connectivity index (χ0v) is 10.0. The first-order chi connectivity index (χ1) is 6.61. The molecule has 0 aliphatic rings. The first-order valence-electron chi connectivity index (χ1n) is 4.77. The Kier molecular flexibility index (Phi) is 4.27. The zero-order valence-electron chi connectivity index (χ0n) is 10.0. The Bertz CT molecular complexity index is 254. The Morgan fingerprint density at radius 2 is 1.73 bits per heavy atom. The summed E-state index contributed by atoms with van der Waals surface area (Å²) in [4.78, 5) is 22.7. The van der Waals surface area contributed by atoms with Gasteiger partial charge in [-0.3, -0.25) is 9.59 Å². The summed E-state index contributed by atoms with van der Waals surface area (Å²) < 4.78 is 4.61. The molecule has 0 aromatic carbocycles. The zero-order chi connectivity index (χ0) is 12.3. The Balaban J connectivity index is 4.28. The van der Waals surface area contributed by atoms with Crippen LogP contribution in [0.1, 0.15) is 27.7 Å². The topological polar surface area (TPSA) is 81.4 Å². The molecule has 88 valence electrons. The molecule has 15 heavy (non-hydrogen) atoms. The first kappa shape index (κ1) is 13.9. The monoisotopic (exact) mass is 216 g/mol. The van der Waals surface area contributed by atoms with Crippen LogP contribution in [-0.2, 0) is 14.3 Å². The molecular formula is C10H20N2O3. The van der Waals surface area contributed by atoms with Crippen LogP contribution in [0.25, 0.3) is 0 Å². The highest BCUT2D eigenvalue weighted by Crippen LogP contribution is 2.15. The van der Waals surface area contributed by atoms with E-state index >= 15 is 0 Å². The van der Waals surface area contributed by atoms with E-state index in [9.17, 15) is 9.59 Å². The summed E-state index contributed by atoms with van der Waals surface area (Å²) in [5, 5.41) is 2.61. The van der Waals surface area contributed by atoms with Gasteiger partial charge in [0.25, 0.3) is 0 Å². The fourth-order valence-electron chi connectivity index (χ4n) is 0.878. The molecule has 0 aromatic heterocycles. The number of carbonyl (C=O) groups excluding carboxylic acids is 2. The molecule has 0 saturated carbocycles. The van der Waals surface area contributed by atoms with Gasteiger partial charge >= 0.3 is 5.97 Å². The number of methoxy groups -OCH3 is 1.